The van der Waals surface area contributed by atoms with Crippen molar-refractivity contribution in [3.63, 3.8) is 0 Å². The molecular formula is C25H19ClFN3O4. The number of nitrogens with zero attached hydrogens (tertiary/aromatic N) is 1. The molecule has 0 spiro atoms. The second-order valence-electron chi connectivity index (χ2n) is 7.52. The number of benzene rings is 3. The van der Waals surface area contributed by atoms with Crippen molar-refractivity contribution in [2.75, 3.05) is 0 Å². The minimum Gasteiger partial charge on any atom is -0.481 e. The van der Waals surface area contributed by atoms with Gasteiger partial charge in [-0.1, -0.05) is 66.2 Å². The van der Waals surface area contributed by atoms with Crippen LogP contribution in [0, 0.1) is 5.82 Å². The summed E-state index contributed by atoms with van der Waals surface area (Å²) in [7, 11) is 0. The summed E-state index contributed by atoms with van der Waals surface area (Å²) in [6.07, 6.45) is -0.380. The molecule has 172 valence electrons. The fraction of sp³-hybridized carbons (Fsp3) is 0.0800. The van der Waals surface area contributed by atoms with Crippen LogP contribution in [0.4, 0.5) is 4.39 Å². The lowest BCUT2D eigenvalue weighted by Crippen LogP contribution is -2.30. The van der Waals surface area contributed by atoms with Gasteiger partial charge in [-0.2, -0.15) is 0 Å². The third-order valence-electron chi connectivity index (χ3n) is 5.24. The molecule has 3 aromatic carbocycles. The summed E-state index contributed by atoms with van der Waals surface area (Å²) >= 11 is 6.25. The van der Waals surface area contributed by atoms with Crippen molar-refractivity contribution in [3.05, 3.63) is 111 Å². The smallest absolute Gasteiger partial charge is 0.305 e. The van der Waals surface area contributed by atoms with Crippen LogP contribution in [0.2, 0.25) is 5.02 Å². The first-order chi connectivity index (χ1) is 16.3. The lowest BCUT2D eigenvalue weighted by molar-refractivity contribution is -0.137. The third kappa shape index (κ3) is 4.92. The van der Waals surface area contributed by atoms with Crippen LogP contribution in [-0.2, 0) is 4.79 Å². The van der Waals surface area contributed by atoms with Crippen LogP contribution >= 0.6 is 11.6 Å². The number of halogens is 2. The highest BCUT2D eigenvalue weighted by Crippen LogP contribution is 2.29. The largest absolute Gasteiger partial charge is 0.481 e. The van der Waals surface area contributed by atoms with E-state index in [2.05, 4.69) is 10.4 Å². The van der Waals surface area contributed by atoms with Crippen molar-refractivity contribution in [3.8, 4) is 16.8 Å². The lowest BCUT2D eigenvalue weighted by Gasteiger charge is -2.17. The van der Waals surface area contributed by atoms with Crippen molar-refractivity contribution < 1.29 is 19.1 Å². The van der Waals surface area contributed by atoms with Crippen molar-refractivity contribution in [1.82, 2.24) is 15.1 Å². The number of H-pyrrole nitrogens is 1. The molecule has 1 unspecified atom stereocenters. The van der Waals surface area contributed by atoms with Crippen molar-refractivity contribution in [2.24, 2.45) is 0 Å². The third-order valence-corrected chi connectivity index (χ3v) is 5.57. The number of carbonyl (C=O) groups is 2. The van der Waals surface area contributed by atoms with Gasteiger partial charge in [0.2, 0.25) is 0 Å². The van der Waals surface area contributed by atoms with Gasteiger partial charge in [-0.05, 0) is 29.3 Å². The number of carbonyl (C=O) groups excluding carboxylic acids is 1. The molecule has 0 saturated heterocycles. The zero-order valence-corrected chi connectivity index (χ0v) is 18.4. The Bertz CT molecular complexity index is 1410. The minimum atomic E-state index is -1.11. The zero-order valence-electron chi connectivity index (χ0n) is 17.7. The molecule has 34 heavy (non-hydrogen) atoms. The normalized spacial score (nSPS) is 11.7. The molecule has 4 aromatic rings. The van der Waals surface area contributed by atoms with Gasteiger partial charge < -0.3 is 10.4 Å². The average Bonchev–Trinajstić information content (AvgIpc) is 3.20. The number of hydrogen-bond acceptors (Lipinski definition) is 3. The van der Waals surface area contributed by atoms with Crippen molar-refractivity contribution >= 4 is 23.5 Å². The summed E-state index contributed by atoms with van der Waals surface area (Å²) in [6, 6.07) is 20.1. The Morgan fingerprint density at radius 2 is 1.71 bits per heavy atom. The summed E-state index contributed by atoms with van der Waals surface area (Å²) in [5, 5.41) is 15.1. The monoisotopic (exact) mass is 479 g/mol. The molecule has 1 amide bonds. The highest BCUT2D eigenvalue weighted by Gasteiger charge is 2.21. The highest BCUT2D eigenvalue weighted by molar-refractivity contribution is 6.33. The minimum absolute atomic E-state index is 0.0382. The van der Waals surface area contributed by atoms with E-state index in [1.807, 2.05) is 18.2 Å². The van der Waals surface area contributed by atoms with E-state index in [0.29, 0.717) is 10.6 Å². The molecule has 0 aliphatic heterocycles. The van der Waals surface area contributed by atoms with Crippen molar-refractivity contribution in [2.45, 2.75) is 12.5 Å². The van der Waals surface area contributed by atoms with Gasteiger partial charge in [0.1, 0.15) is 17.2 Å². The Morgan fingerprint density at radius 1 is 1.03 bits per heavy atom. The Kier molecular flexibility index (Phi) is 6.60. The predicted octanol–water partition coefficient (Wildman–Crippen LogP) is 4.57. The molecular weight excluding hydrogens is 461 g/mol. The molecule has 3 N–H and O–H groups in total. The summed E-state index contributed by atoms with van der Waals surface area (Å²) < 4.78 is 15.0. The first-order valence-corrected chi connectivity index (χ1v) is 10.7. The SMILES string of the molecule is O=C(O)CC(NC(=O)c1cc(=O)n(-c2ccccc2F)[nH]1)c1ccc(-c2ccccc2Cl)cc1. The fourth-order valence-electron chi connectivity index (χ4n) is 3.58. The molecule has 0 saturated carbocycles. The van der Waals surface area contributed by atoms with E-state index < -0.39 is 29.3 Å². The Hall–Kier alpha value is -4.17. The van der Waals surface area contributed by atoms with Crippen LogP contribution in [-0.4, -0.2) is 26.8 Å². The molecule has 0 radical (unpaired) electrons. The number of aliphatic carboxylic acids is 1. The first-order valence-electron chi connectivity index (χ1n) is 10.3. The number of rotatable bonds is 7. The van der Waals surface area contributed by atoms with Crippen LogP contribution in [0.5, 0.6) is 0 Å². The fourth-order valence-corrected chi connectivity index (χ4v) is 3.82. The number of carboxylic acids is 1. The van der Waals surface area contributed by atoms with Crippen LogP contribution in [0.15, 0.2) is 83.7 Å². The second kappa shape index (κ2) is 9.76. The average molecular weight is 480 g/mol. The molecule has 7 nitrogen and oxygen atoms in total. The summed E-state index contributed by atoms with van der Waals surface area (Å²) in [5.41, 5.74) is 1.42. The Labute approximate surface area is 198 Å². The number of nitrogens with one attached hydrogen (secondary N) is 2. The number of aromatic amines is 1. The second-order valence-corrected chi connectivity index (χ2v) is 7.93. The number of para-hydroxylation sites is 1. The molecule has 0 aliphatic carbocycles. The van der Waals surface area contributed by atoms with Crippen LogP contribution in [0.25, 0.3) is 16.8 Å². The zero-order chi connectivity index (χ0) is 24.2. The van der Waals surface area contributed by atoms with E-state index in [-0.39, 0.29) is 17.8 Å². The van der Waals surface area contributed by atoms with Crippen LogP contribution < -0.4 is 10.9 Å². The van der Waals surface area contributed by atoms with Gasteiger partial charge in [-0.25, -0.2) is 9.07 Å². The van der Waals surface area contributed by atoms with E-state index in [1.54, 1.807) is 36.4 Å². The Morgan fingerprint density at radius 3 is 2.38 bits per heavy atom. The van der Waals surface area contributed by atoms with Gasteiger partial charge in [0.15, 0.2) is 0 Å². The van der Waals surface area contributed by atoms with E-state index in [1.165, 1.54) is 18.2 Å². The number of carboxylic acid groups (broad SMARTS) is 1. The van der Waals surface area contributed by atoms with Crippen molar-refractivity contribution in [1.29, 1.82) is 0 Å². The first kappa shape index (κ1) is 23.0. The molecule has 1 heterocycles. The van der Waals surface area contributed by atoms with E-state index in [0.717, 1.165) is 21.9 Å². The van der Waals surface area contributed by atoms with E-state index in [4.69, 9.17) is 11.6 Å². The number of amides is 1. The van der Waals surface area contributed by atoms with E-state index in [9.17, 15) is 23.9 Å². The summed E-state index contributed by atoms with van der Waals surface area (Å²) in [6.45, 7) is 0. The van der Waals surface area contributed by atoms with Gasteiger partial charge in [0.05, 0.1) is 12.5 Å². The van der Waals surface area contributed by atoms with E-state index >= 15 is 0 Å². The van der Waals surface area contributed by atoms with Gasteiger partial charge in [-0.3, -0.25) is 19.5 Å². The predicted molar refractivity (Wildman–Crippen MR) is 126 cm³/mol. The standard InChI is InChI=1S/C25H19ClFN3O4/c26-18-6-2-1-5-17(18)15-9-11-16(12-10-15)20(14-24(32)33)28-25(34)21-13-23(31)30(29-21)22-8-4-3-7-19(22)27/h1-13,20,29H,14H2,(H,28,34)(H,32,33). The van der Waals surface area contributed by atoms with Gasteiger partial charge in [0.25, 0.3) is 11.5 Å². The quantitative estimate of drug-likeness (QED) is 0.361. The molecule has 4 rings (SSSR count). The molecule has 9 heteroatoms. The summed E-state index contributed by atoms with van der Waals surface area (Å²) in [5.74, 6) is -2.45. The number of hydrogen-bond donors (Lipinski definition) is 3. The highest BCUT2D eigenvalue weighted by atomic mass is 35.5. The van der Waals surface area contributed by atoms with Crippen LogP contribution in [0.3, 0.4) is 0 Å². The Balaban J connectivity index is 1.59. The lowest BCUT2D eigenvalue weighted by atomic mass is 9.99. The topological polar surface area (TPSA) is 104 Å². The molecule has 0 aliphatic rings. The maximum Gasteiger partial charge on any atom is 0.305 e. The summed E-state index contributed by atoms with van der Waals surface area (Å²) in [4.78, 5) is 36.6. The number of aromatic nitrogens is 2. The van der Waals surface area contributed by atoms with Gasteiger partial charge in [-0.15, -0.1) is 0 Å². The van der Waals surface area contributed by atoms with Crippen LogP contribution in [0.1, 0.15) is 28.5 Å². The van der Waals surface area contributed by atoms with Gasteiger partial charge in [0, 0.05) is 16.7 Å². The molecule has 1 aromatic heterocycles. The molecule has 1 atom stereocenters. The maximum absolute atomic E-state index is 14.1. The van der Waals surface area contributed by atoms with Gasteiger partial charge >= 0.3 is 5.97 Å². The molecule has 0 fully saturated rings. The maximum atomic E-state index is 14.1. The molecule has 0 bridgehead atoms.